The number of rotatable bonds is 2. The summed E-state index contributed by atoms with van der Waals surface area (Å²) in [7, 11) is 0. The van der Waals surface area contributed by atoms with Crippen LogP contribution in [0.2, 0.25) is 0 Å². The minimum atomic E-state index is -4.60. The van der Waals surface area contributed by atoms with Gasteiger partial charge in [0.05, 0.1) is 5.56 Å². The number of hydrogen-bond acceptors (Lipinski definition) is 2. The van der Waals surface area contributed by atoms with E-state index in [0.29, 0.717) is 6.07 Å². The number of alkyl halides is 4. The largest absolute Gasteiger partial charge is 0.416 e. The maximum absolute atomic E-state index is 12.6. The average molecular weight is 231 g/mol. The minimum Gasteiger partial charge on any atom is -0.290 e. The van der Waals surface area contributed by atoms with E-state index in [0.717, 1.165) is 24.3 Å². The van der Waals surface area contributed by atoms with Crippen LogP contribution in [-0.2, 0) is 6.18 Å². The zero-order valence-corrected chi connectivity index (χ0v) is 7.75. The first kappa shape index (κ1) is 12.2. The van der Waals surface area contributed by atoms with Crippen molar-refractivity contribution in [1.82, 2.24) is 0 Å². The molecule has 0 aliphatic carbocycles. The molecule has 0 heterocycles. The third-order valence-corrected chi connectivity index (χ3v) is 1.82. The third kappa shape index (κ3) is 2.57. The zero-order chi connectivity index (χ0) is 12.3. The predicted molar refractivity (Wildman–Crippen MR) is 46.3 cm³/mol. The van der Waals surface area contributed by atoms with Gasteiger partial charge < -0.3 is 0 Å². The molecule has 0 fully saturated rings. The number of benzene rings is 1. The number of ketones is 1. The van der Waals surface area contributed by atoms with E-state index in [2.05, 4.69) is 0 Å². The highest BCUT2D eigenvalue weighted by atomic mass is 19.4. The van der Waals surface area contributed by atoms with Gasteiger partial charge in [0.25, 0.3) is 0 Å². The molecule has 0 aromatic heterocycles. The fraction of sp³-hybridized carbons (Fsp3) is 0.200. The van der Waals surface area contributed by atoms with Crippen LogP contribution in [0, 0.1) is 11.3 Å². The summed E-state index contributed by atoms with van der Waals surface area (Å²) in [5, 5.41) is 8.13. The van der Waals surface area contributed by atoms with Crippen LogP contribution in [0.3, 0.4) is 0 Å². The second-order valence-electron chi connectivity index (χ2n) is 2.93. The van der Waals surface area contributed by atoms with Gasteiger partial charge in [-0.2, -0.15) is 18.4 Å². The molecule has 1 atom stereocenters. The van der Waals surface area contributed by atoms with E-state index in [4.69, 9.17) is 5.26 Å². The van der Waals surface area contributed by atoms with Gasteiger partial charge in [0.15, 0.2) is 0 Å². The van der Waals surface area contributed by atoms with Gasteiger partial charge in [-0.05, 0) is 12.1 Å². The molecule has 0 aliphatic heterocycles. The van der Waals surface area contributed by atoms with E-state index in [-0.39, 0.29) is 0 Å². The molecule has 16 heavy (non-hydrogen) atoms. The first-order valence-corrected chi connectivity index (χ1v) is 4.11. The molecule has 0 saturated carbocycles. The van der Waals surface area contributed by atoms with Gasteiger partial charge in [0.2, 0.25) is 12.0 Å². The summed E-state index contributed by atoms with van der Waals surface area (Å²) in [6.45, 7) is 0. The Kier molecular flexibility index (Phi) is 3.28. The summed E-state index contributed by atoms with van der Waals surface area (Å²) in [6, 6.07) is 4.32. The van der Waals surface area contributed by atoms with Crippen LogP contribution in [0.15, 0.2) is 24.3 Å². The van der Waals surface area contributed by atoms with Gasteiger partial charge in [-0.1, -0.05) is 12.1 Å². The number of carbonyl (C=O) groups excluding carboxylic acids is 1. The summed E-state index contributed by atoms with van der Waals surface area (Å²) in [5.41, 5.74) is -1.52. The maximum Gasteiger partial charge on any atom is 0.416 e. The van der Waals surface area contributed by atoms with Crippen molar-refractivity contribution >= 4 is 5.78 Å². The topological polar surface area (TPSA) is 40.9 Å². The number of halogens is 4. The van der Waals surface area contributed by atoms with Crippen molar-refractivity contribution in [3.05, 3.63) is 35.4 Å². The summed E-state index contributed by atoms with van der Waals surface area (Å²) >= 11 is 0. The van der Waals surface area contributed by atoms with Crippen molar-refractivity contribution in [3.8, 4) is 6.07 Å². The number of nitriles is 1. The Morgan fingerprint density at radius 3 is 2.50 bits per heavy atom. The number of nitrogens with zero attached hydrogens (tertiary/aromatic N) is 1. The molecule has 6 heteroatoms. The standard InChI is InChI=1S/C10H5F4NO/c11-8(5-15)9(16)6-2-1-3-7(4-6)10(12,13)14/h1-4,8H/t8-/m0/s1. The average Bonchev–Trinajstić information content (AvgIpc) is 2.26. The second kappa shape index (κ2) is 4.31. The fourth-order valence-corrected chi connectivity index (χ4v) is 1.05. The maximum atomic E-state index is 12.6. The highest BCUT2D eigenvalue weighted by molar-refractivity contribution is 6.01. The highest BCUT2D eigenvalue weighted by Crippen LogP contribution is 2.29. The number of carbonyl (C=O) groups is 1. The summed E-state index contributed by atoms with van der Waals surface area (Å²) < 4.78 is 49.4. The van der Waals surface area contributed by atoms with E-state index in [1.165, 1.54) is 0 Å². The lowest BCUT2D eigenvalue weighted by molar-refractivity contribution is -0.137. The Bertz CT molecular complexity index is 447. The van der Waals surface area contributed by atoms with Crippen molar-refractivity contribution in [2.75, 3.05) is 0 Å². The monoisotopic (exact) mass is 231 g/mol. The molecule has 1 aromatic rings. The van der Waals surface area contributed by atoms with E-state index >= 15 is 0 Å². The van der Waals surface area contributed by atoms with Crippen molar-refractivity contribution < 1.29 is 22.4 Å². The molecule has 1 rings (SSSR count). The summed E-state index contributed by atoms with van der Waals surface area (Å²) in [5.74, 6) is -1.27. The lowest BCUT2D eigenvalue weighted by Gasteiger charge is -2.07. The van der Waals surface area contributed by atoms with E-state index < -0.39 is 29.3 Å². The third-order valence-electron chi connectivity index (χ3n) is 1.82. The molecule has 2 nitrogen and oxygen atoms in total. The van der Waals surface area contributed by atoms with Gasteiger partial charge in [-0.15, -0.1) is 0 Å². The number of Topliss-reactive ketones (excluding diaryl/α,β-unsaturated/α-hetero) is 1. The van der Waals surface area contributed by atoms with Gasteiger partial charge in [-0.3, -0.25) is 4.79 Å². The predicted octanol–water partition coefficient (Wildman–Crippen LogP) is 2.75. The molecular formula is C10H5F4NO. The lowest BCUT2D eigenvalue weighted by atomic mass is 10.0. The molecule has 0 aliphatic rings. The lowest BCUT2D eigenvalue weighted by Crippen LogP contribution is -2.15. The van der Waals surface area contributed by atoms with Crippen molar-refractivity contribution in [3.63, 3.8) is 0 Å². The van der Waals surface area contributed by atoms with Crippen LogP contribution < -0.4 is 0 Å². The van der Waals surface area contributed by atoms with Crippen LogP contribution in [-0.4, -0.2) is 12.0 Å². The smallest absolute Gasteiger partial charge is 0.290 e. The van der Waals surface area contributed by atoms with Crippen LogP contribution in [0.1, 0.15) is 15.9 Å². The van der Waals surface area contributed by atoms with Gasteiger partial charge in [0.1, 0.15) is 6.07 Å². The van der Waals surface area contributed by atoms with Crippen LogP contribution in [0.5, 0.6) is 0 Å². The Morgan fingerprint density at radius 1 is 1.38 bits per heavy atom. The Labute approximate surface area is 88.1 Å². The second-order valence-corrected chi connectivity index (χ2v) is 2.93. The molecule has 0 N–H and O–H groups in total. The first-order chi connectivity index (χ1) is 7.36. The molecule has 0 unspecified atom stereocenters. The quantitative estimate of drug-likeness (QED) is 0.580. The van der Waals surface area contributed by atoms with Gasteiger partial charge >= 0.3 is 6.18 Å². The molecule has 0 bridgehead atoms. The van der Waals surface area contributed by atoms with Crippen molar-refractivity contribution in [2.24, 2.45) is 0 Å². The zero-order valence-electron chi connectivity index (χ0n) is 7.75. The Morgan fingerprint density at radius 2 is 2.00 bits per heavy atom. The normalized spacial score (nSPS) is 12.9. The van der Waals surface area contributed by atoms with E-state index in [9.17, 15) is 22.4 Å². The van der Waals surface area contributed by atoms with Crippen LogP contribution >= 0.6 is 0 Å². The SMILES string of the molecule is N#C[C@H](F)C(=O)c1cccc(C(F)(F)F)c1. The molecule has 84 valence electrons. The minimum absolute atomic E-state index is 0.469. The molecule has 0 spiro atoms. The van der Waals surface area contributed by atoms with Gasteiger partial charge in [-0.25, -0.2) is 4.39 Å². The van der Waals surface area contributed by atoms with Crippen LogP contribution in [0.4, 0.5) is 17.6 Å². The van der Waals surface area contributed by atoms with Crippen LogP contribution in [0.25, 0.3) is 0 Å². The summed E-state index contributed by atoms with van der Waals surface area (Å²) in [6.07, 6.45) is -7.04. The van der Waals surface area contributed by atoms with E-state index in [1.807, 2.05) is 0 Å². The van der Waals surface area contributed by atoms with E-state index in [1.54, 1.807) is 0 Å². The van der Waals surface area contributed by atoms with Crippen molar-refractivity contribution in [2.45, 2.75) is 12.3 Å². The van der Waals surface area contributed by atoms with Gasteiger partial charge in [0, 0.05) is 5.56 Å². The fourth-order valence-electron chi connectivity index (χ4n) is 1.05. The molecule has 0 radical (unpaired) electrons. The molecular weight excluding hydrogens is 226 g/mol. The van der Waals surface area contributed by atoms with Crippen molar-refractivity contribution in [1.29, 1.82) is 5.26 Å². The Balaban J connectivity index is 3.10. The number of hydrogen-bond donors (Lipinski definition) is 0. The first-order valence-electron chi connectivity index (χ1n) is 4.11. The highest BCUT2D eigenvalue weighted by Gasteiger charge is 2.31. The summed E-state index contributed by atoms with van der Waals surface area (Å²) in [4.78, 5) is 11.1. The molecule has 0 saturated heterocycles. The molecule has 0 amide bonds. The molecule has 1 aromatic carbocycles. The Hall–Kier alpha value is -1.90.